The number of nitrogens with zero attached hydrogens (tertiary/aromatic N) is 1. The van der Waals surface area contributed by atoms with Gasteiger partial charge in [-0.15, -0.1) is 0 Å². The zero-order valence-corrected chi connectivity index (χ0v) is 14.7. The molecule has 1 aliphatic rings. The van der Waals surface area contributed by atoms with Crippen molar-refractivity contribution in [3.8, 4) is 5.75 Å². The summed E-state index contributed by atoms with van der Waals surface area (Å²) in [7, 11) is -3.56. The van der Waals surface area contributed by atoms with Gasteiger partial charge in [0.05, 0.1) is 6.61 Å². The van der Waals surface area contributed by atoms with E-state index in [4.69, 9.17) is 10.5 Å². The summed E-state index contributed by atoms with van der Waals surface area (Å²) in [5.41, 5.74) is 5.89. The fourth-order valence-corrected chi connectivity index (χ4v) is 4.68. The van der Waals surface area contributed by atoms with E-state index in [1.54, 1.807) is 18.2 Å². The molecule has 1 fully saturated rings. The lowest BCUT2D eigenvalue weighted by Gasteiger charge is -2.20. The largest absolute Gasteiger partial charge is 0.492 e. The maximum Gasteiger partial charge on any atom is 0.246 e. The Hall–Kier alpha value is -0.630. The van der Waals surface area contributed by atoms with E-state index in [0.29, 0.717) is 29.9 Å². The summed E-state index contributed by atoms with van der Waals surface area (Å²) in [4.78, 5) is 0.212. The number of ether oxygens (including phenoxy) is 1. The van der Waals surface area contributed by atoms with Gasteiger partial charge in [-0.1, -0.05) is 15.9 Å². The normalized spacial score (nSPS) is 21.4. The van der Waals surface area contributed by atoms with Crippen molar-refractivity contribution in [1.29, 1.82) is 0 Å². The molecular formula is C14H21BrN2O3S. The van der Waals surface area contributed by atoms with Gasteiger partial charge in [0.2, 0.25) is 10.0 Å². The fraction of sp³-hybridized carbons (Fsp3) is 0.571. The van der Waals surface area contributed by atoms with Gasteiger partial charge in [0.15, 0.2) is 0 Å². The third-order valence-electron chi connectivity index (χ3n) is 3.75. The maximum absolute atomic E-state index is 12.8. The fourth-order valence-electron chi connectivity index (χ4n) is 2.50. The molecule has 0 saturated carbocycles. The van der Waals surface area contributed by atoms with Crippen LogP contribution in [0.4, 0.5) is 0 Å². The number of hydrogen-bond donors (Lipinski definition) is 1. The Balaban J connectivity index is 2.34. The highest BCUT2D eigenvalue weighted by atomic mass is 79.9. The SMILES string of the molecule is CCOc1ccc(Br)cc1S(=O)(=O)N1CCC(C(C)N)C1. The van der Waals surface area contributed by atoms with Crippen LogP contribution in [0.1, 0.15) is 20.3 Å². The molecule has 1 aromatic rings. The lowest BCUT2D eigenvalue weighted by Crippen LogP contribution is -2.33. The monoisotopic (exact) mass is 376 g/mol. The molecule has 2 atom stereocenters. The van der Waals surface area contributed by atoms with Gasteiger partial charge in [-0.25, -0.2) is 8.42 Å². The lowest BCUT2D eigenvalue weighted by atomic mass is 10.0. The number of sulfonamides is 1. The van der Waals surface area contributed by atoms with Gasteiger partial charge in [0.1, 0.15) is 10.6 Å². The van der Waals surface area contributed by atoms with Crippen LogP contribution in [0.3, 0.4) is 0 Å². The van der Waals surface area contributed by atoms with Crippen LogP contribution in [-0.4, -0.2) is 38.5 Å². The summed E-state index contributed by atoms with van der Waals surface area (Å²) in [5.74, 6) is 0.604. The molecule has 1 heterocycles. The topological polar surface area (TPSA) is 72.6 Å². The predicted octanol–water partition coefficient (Wildman–Crippen LogP) is 2.21. The molecule has 1 saturated heterocycles. The van der Waals surface area contributed by atoms with Crippen LogP contribution in [0, 0.1) is 5.92 Å². The molecule has 21 heavy (non-hydrogen) atoms. The summed E-state index contributed by atoms with van der Waals surface area (Å²) in [5, 5.41) is 0. The molecule has 1 aromatic carbocycles. The van der Waals surface area contributed by atoms with Crippen molar-refractivity contribution < 1.29 is 13.2 Å². The van der Waals surface area contributed by atoms with Crippen molar-refractivity contribution >= 4 is 26.0 Å². The molecule has 7 heteroatoms. The van der Waals surface area contributed by atoms with Crippen LogP contribution in [0.25, 0.3) is 0 Å². The van der Waals surface area contributed by atoms with Gasteiger partial charge in [-0.2, -0.15) is 4.31 Å². The van der Waals surface area contributed by atoms with E-state index in [9.17, 15) is 8.42 Å². The first-order valence-corrected chi connectivity index (χ1v) is 9.27. The average Bonchev–Trinajstić information content (AvgIpc) is 2.91. The quantitative estimate of drug-likeness (QED) is 0.854. The number of rotatable bonds is 5. The molecule has 2 rings (SSSR count). The first-order chi connectivity index (χ1) is 9.86. The molecule has 1 aliphatic heterocycles. The van der Waals surface area contributed by atoms with Gasteiger partial charge in [-0.05, 0) is 44.4 Å². The summed E-state index contributed by atoms with van der Waals surface area (Å²) in [6.45, 7) is 5.16. The third-order valence-corrected chi connectivity index (χ3v) is 6.13. The van der Waals surface area contributed by atoms with E-state index in [2.05, 4.69) is 15.9 Å². The zero-order valence-electron chi connectivity index (χ0n) is 12.3. The Labute approximate surface area is 134 Å². The second-order valence-corrected chi connectivity index (χ2v) is 8.12. The van der Waals surface area contributed by atoms with Crippen molar-refractivity contribution in [2.75, 3.05) is 19.7 Å². The third kappa shape index (κ3) is 3.59. The lowest BCUT2D eigenvalue weighted by molar-refractivity contribution is 0.329. The minimum Gasteiger partial charge on any atom is -0.492 e. The average molecular weight is 377 g/mol. The van der Waals surface area contributed by atoms with Crippen molar-refractivity contribution in [1.82, 2.24) is 4.31 Å². The Kier molecular flexibility index (Phi) is 5.29. The minimum absolute atomic E-state index is 0.000860. The molecule has 0 aromatic heterocycles. The number of benzene rings is 1. The minimum atomic E-state index is -3.56. The maximum atomic E-state index is 12.8. The molecule has 0 amide bonds. The molecule has 2 N–H and O–H groups in total. The van der Waals surface area contributed by atoms with Crippen molar-refractivity contribution in [3.63, 3.8) is 0 Å². The summed E-state index contributed by atoms with van der Waals surface area (Å²) >= 11 is 3.33. The second-order valence-electron chi connectivity index (χ2n) is 5.29. The highest BCUT2D eigenvalue weighted by Crippen LogP contribution is 2.33. The molecular weight excluding hydrogens is 356 g/mol. The first-order valence-electron chi connectivity index (χ1n) is 7.04. The zero-order chi connectivity index (χ0) is 15.6. The highest BCUT2D eigenvalue weighted by Gasteiger charge is 2.35. The standard InChI is InChI=1S/C14H21BrN2O3S/c1-3-20-13-5-4-12(15)8-14(13)21(18,19)17-7-6-11(9-17)10(2)16/h4-5,8,10-11H,3,6-7,9,16H2,1-2H3. The van der Waals surface area contributed by atoms with E-state index in [1.807, 2.05) is 13.8 Å². The molecule has 0 aliphatic carbocycles. The molecule has 2 unspecified atom stereocenters. The molecule has 0 radical (unpaired) electrons. The number of nitrogens with two attached hydrogens (primary N) is 1. The summed E-state index contributed by atoms with van der Waals surface area (Å²) in [6, 6.07) is 5.05. The van der Waals surface area contributed by atoms with Gasteiger partial charge < -0.3 is 10.5 Å². The van der Waals surface area contributed by atoms with Crippen LogP contribution >= 0.6 is 15.9 Å². The van der Waals surface area contributed by atoms with Gasteiger partial charge in [-0.3, -0.25) is 0 Å². The van der Waals surface area contributed by atoms with Crippen LogP contribution < -0.4 is 10.5 Å². The Morgan fingerprint density at radius 1 is 1.52 bits per heavy atom. The Morgan fingerprint density at radius 3 is 2.81 bits per heavy atom. The molecule has 0 spiro atoms. The van der Waals surface area contributed by atoms with Crippen molar-refractivity contribution in [3.05, 3.63) is 22.7 Å². The van der Waals surface area contributed by atoms with Crippen LogP contribution in [0.5, 0.6) is 5.75 Å². The van der Waals surface area contributed by atoms with Crippen LogP contribution in [0.2, 0.25) is 0 Å². The number of hydrogen-bond acceptors (Lipinski definition) is 4. The van der Waals surface area contributed by atoms with Gasteiger partial charge in [0.25, 0.3) is 0 Å². The van der Waals surface area contributed by atoms with E-state index in [-0.39, 0.29) is 16.9 Å². The summed E-state index contributed by atoms with van der Waals surface area (Å²) < 4.78 is 33.4. The van der Waals surface area contributed by atoms with Crippen LogP contribution in [-0.2, 0) is 10.0 Å². The first kappa shape index (κ1) is 16.7. The Morgan fingerprint density at radius 2 is 2.24 bits per heavy atom. The molecule has 0 bridgehead atoms. The Bertz CT molecular complexity index is 604. The van der Waals surface area contributed by atoms with E-state index in [1.165, 1.54) is 4.31 Å². The summed E-state index contributed by atoms with van der Waals surface area (Å²) in [6.07, 6.45) is 0.800. The molecule has 118 valence electrons. The van der Waals surface area contributed by atoms with Gasteiger partial charge in [0, 0.05) is 23.6 Å². The molecule has 5 nitrogen and oxygen atoms in total. The predicted molar refractivity (Wildman–Crippen MR) is 85.8 cm³/mol. The van der Waals surface area contributed by atoms with E-state index in [0.717, 1.165) is 6.42 Å². The smallest absolute Gasteiger partial charge is 0.246 e. The van der Waals surface area contributed by atoms with E-state index < -0.39 is 10.0 Å². The van der Waals surface area contributed by atoms with Gasteiger partial charge >= 0.3 is 0 Å². The van der Waals surface area contributed by atoms with Crippen molar-refractivity contribution in [2.24, 2.45) is 11.7 Å². The van der Waals surface area contributed by atoms with Crippen molar-refractivity contribution in [2.45, 2.75) is 31.2 Å². The highest BCUT2D eigenvalue weighted by molar-refractivity contribution is 9.10. The van der Waals surface area contributed by atoms with Crippen LogP contribution in [0.15, 0.2) is 27.6 Å². The second kappa shape index (κ2) is 6.64. The number of halogens is 1. The van der Waals surface area contributed by atoms with E-state index >= 15 is 0 Å².